The third-order valence-corrected chi connectivity index (χ3v) is 7.42. The molecule has 1 fully saturated rings. The van der Waals surface area contributed by atoms with Crippen LogP contribution in [0.3, 0.4) is 0 Å². The molecule has 0 N–H and O–H groups in total. The molecule has 0 radical (unpaired) electrons. The smallest absolute Gasteiger partial charge is 0.350 e. The summed E-state index contributed by atoms with van der Waals surface area (Å²) < 4.78 is 71.3. The summed E-state index contributed by atoms with van der Waals surface area (Å²) in [6.45, 7) is -0.0895. The van der Waals surface area contributed by atoms with Crippen LogP contribution in [-0.2, 0) is 16.2 Å². The SMILES string of the molecule is O=C(c1cc(-c2ccccc2)no1)N1CCN(S(=O)(=O)c2ccc(Cl)c(C(F)(F)F)c2)CC1. The molecule has 0 spiro atoms. The van der Waals surface area contributed by atoms with Crippen LogP contribution in [0.2, 0.25) is 5.02 Å². The van der Waals surface area contributed by atoms with Crippen molar-refractivity contribution in [2.75, 3.05) is 26.2 Å². The summed E-state index contributed by atoms with van der Waals surface area (Å²) in [6.07, 6.45) is -4.79. The number of amides is 1. The monoisotopic (exact) mass is 499 g/mol. The summed E-state index contributed by atoms with van der Waals surface area (Å²) >= 11 is 5.58. The Labute approximate surface area is 192 Å². The molecule has 0 atom stereocenters. The summed E-state index contributed by atoms with van der Waals surface area (Å²) in [6, 6.07) is 13.1. The van der Waals surface area contributed by atoms with E-state index in [9.17, 15) is 26.4 Å². The molecule has 0 unspecified atom stereocenters. The predicted octanol–water partition coefficient (Wildman–Crippen LogP) is 4.16. The molecule has 4 rings (SSSR count). The van der Waals surface area contributed by atoms with Crippen LogP contribution in [0.1, 0.15) is 16.1 Å². The third kappa shape index (κ3) is 4.75. The number of aromatic nitrogens is 1. The van der Waals surface area contributed by atoms with Gasteiger partial charge in [-0.15, -0.1) is 0 Å². The van der Waals surface area contributed by atoms with E-state index in [4.69, 9.17) is 16.1 Å². The first kappa shape index (κ1) is 23.3. The van der Waals surface area contributed by atoms with Crippen molar-refractivity contribution >= 4 is 27.5 Å². The van der Waals surface area contributed by atoms with Gasteiger partial charge in [-0.25, -0.2) is 8.42 Å². The molecule has 0 saturated carbocycles. The number of benzene rings is 2. The number of halogens is 4. The maximum atomic E-state index is 13.1. The Bertz CT molecular complexity index is 1270. The second-order valence-corrected chi connectivity index (χ2v) is 9.62. The summed E-state index contributed by atoms with van der Waals surface area (Å²) in [5, 5.41) is 3.32. The molecule has 12 heteroatoms. The van der Waals surface area contributed by atoms with E-state index in [1.807, 2.05) is 30.3 Å². The number of alkyl halides is 3. The Morgan fingerprint density at radius 2 is 1.67 bits per heavy atom. The van der Waals surface area contributed by atoms with Gasteiger partial charge in [-0.05, 0) is 18.2 Å². The van der Waals surface area contributed by atoms with Gasteiger partial charge in [0.2, 0.25) is 15.8 Å². The number of hydrogen-bond donors (Lipinski definition) is 0. The Balaban J connectivity index is 1.46. The van der Waals surface area contributed by atoms with Gasteiger partial charge < -0.3 is 9.42 Å². The number of rotatable bonds is 4. The quantitative estimate of drug-likeness (QED) is 0.538. The molecule has 3 aromatic rings. The minimum absolute atomic E-state index is 0.0117. The van der Waals surface area contributed by atoms with Gasteiger partial charge in [0.15, 0.2) is 0 Å². The highest BCUT2D eigenvalue weighted by Gasteiger charge is 2.36. The lowest BCUT2D eigenvalue weighted by atomic mass is 10.1. The van der Waals surface area contributed by atoms with Crippen molar-refractivity contribution in [3.8, 4) is 11.3 Å². The molecule has 1 aliphatic heterocycles. The van der Waals surface area contributed by atoms with Crippen LogP contribution in [0.4, 0.5) is 13.2 Å². The normalized spacial score (nSPS) is 15.6. The van der Waals surface area contributed by atoms with E-state index in [0.717, 1.165) is 22.0 Å². The molecule has 2 heterocycles. The molecule has 174 valence electrons. The molecule has 0 bridgehead atoms. The molecule has 1 amide bonds. The summed E-state index contributed by atoms with van der Waals surface area (Å²) in [7, 11) is -4.21. The van der Waals surface area contributed by atoms with E-state index in [1.165, 1.54) is 11.0 Å². The molecule has 2 aromatic carbocycles. The van der Waals surface area contributed by atoms with Crippen molar-refractivity contribution in [3.63, 3.8) is 0 Å². The third-order valence-electron chi connectivity index (χ3n) is 5.20. The number of hydrogen-bond acceptors (Lipinski definition) is 5. The van der Waals surface area contributed by atoms with Crippen LogP contribution in [0.5, 0.6) is 0 Å². The van der Waals surface area contributed by atoms with E-state index >= 15 is 0 Å². The van der Waals surface area contributed by atoms with Crippen molar-refractivity contribution in [3.05, 3.63) is 70.9 Å². The summed E-state index contributed by atoms with van der Waals surface area (Å²) in [5.41, 5.74) is 0.0411. The summed E-state index contributed by atoms with van der Waals surface area (Å²) in [5.74, 6) is -0.440. The molecule has 33 heavy (non-hydrogen) atoms. The van der Waals surface area contributed by atoms with Crippen LogP contribution in [-0.4, -0.2) is 54.9 Å². The van der Waals surface area contributed by atoms with Gasteiger partial charge in [0, 0.05) is 37.8 Å². The first-order chi connectivity index (χ1) is 15.6. The average molecular weight is 500 g/mol. The van der Waals surface area contributed by atoms with Crippen LogP contribution in [0, 0.1) is 0 Å². The van der Waals surface area contributed by atoms with Gasteiger partial charge in [0.05, 0.1) is 15.5 Å². The second kappa shape index (κ2) is 8.81. The van der Waals surface area contributed by atoms with Gasteiger partial charge in [0.1, 0.15) is 5.69 Å². The van der Waals surface area contributed by atoms with E-state index in [0.29, 0.717) is 11.8 Å². The van der Waals surface area contributed by atoms with Crippen molar-refractivity contribution in [1.29, 1.82) is 0 Å². The fourth-order valence-corrected chi connectivity index (χ4v) is 5.11. The highest BCUT2D eigenvalue weighted by atomic mass is 35.5. The highest BCUT2D eigenvalue weighted by Crippen LogP contribution is 2.36. The molecular weight excluding hydrogens is 483 g/mol. The first-order valence-corrected chi connectivity index (χ1v) is 11.6. The number of nitrogens with zero attached hydrogens (tertiary/aromatic N) is 3. The number of carbonyl (C=O) groups excluding carboxylic acids is 1. The van der Waals surface area contributed by atoms with Gasteiger partial charge in [0.25, 0.3) is 5.91 Å². The lowest BCUT2D eigenvalue weighted by Gasteiger charge is -2.33. The zero-order valence-electron chi connectivity index (χ0n) is 16.9. The predicted molar refractivity (Wildman–Crippen MR) is 113 cm³/mol. The standard InChI is InChI=1S/C21H17ClF3N3O4S/c22-17-7-6-15(12-16(17)21(23,24)25)33(30,31)28-10-8-27(9-11-28)20(29)19-13-18(26-32-19)14-4-2-1-3-5-14/h1-7,12-13H,8-11H2. The van der Waals surface area contributed by atoms with Gasteiger partial charge in [-0.2, -0.15) is 17.5 Å². The lowest BCUT2D eigenvalue weighted by molar-refractivity contribution is -0.137. The molecule has 1 saturated heterocycles. The molecule has 7 nitrogen and oxygen atoms in total. The first-order valence-electron chi connectivity index (χ1n) is 9.75. The highest BCUT2D eigenvalue weighted by molar-refractivity contribution is 7.89. The van der Waals surface area contributed by atoms with Crippen molar-refractivity contribution in [1.82, 2.24) is 14.4 Å². The zero-order valence-corrected chi connectivity index (χ0v) is 18.5. The molecule has 0 aliphatic carbocycles. The Kier molecular flexibility index (Phi) is 6.21. The second-order valence-electron chi connectivity index (χ2n) is 7.28. The maximum Gasteiger partial charge on any atom is 0.417 e. The number of carbonyl (C=O) groups is 1. The van der Waals surface area contributed by atoms with Crippen molar-refractivity contribution in [2.45, 2.75) is 11.1 Å². The van der Waals surface area contributed by atoms with Crippen molar-refractivity contribution in [2.24, 2.45) is 0 Å². The average Bonchev–Trinajstić information content (AvgIpc) is 3.29. The lowest BCUT2D eigenvalue weighted by Crippen LogP contribution is -2.50. The van der Waals surface area contributed by atoms with Gasteiger partial charge >= 0.3 is 6.18 Å². The number of piperazine rings is 1. The molecule has 1 aromatic heterocycles. The van der Waals surface area contributed by atoms with Crippen LogP contribution in [0.25, 0.3) is 11.3 Å². The Morgan fingerprint density at radius 3 is 2.30 bits per heavy atom. The fourth-order valence-electron chi connectivity index (χ4n) is 3.44. The van der Waals surface area contributed by atoms with E-state index in [1.54, 1.807) is 0 Å². The zero-order chi connectivity index (χ0) is 23.8. The fraction of sp³-hybridized carbons (Fsp3) is 0.238. The van der Waals surface area contributed by atoms with Gasteiger partial charge in [-0.1, -0.05) is 47.1 Å². The van der Waals surface area contributed by atoms with Crippen LogP contribution < -0.4 is 0 Å². The summed E-state index contributed by atoms with van der Waals surface area (Å²) in [4.78, 5) is 13.6. The van der Waals surface area contributed by atoms with E-state index in [-0.39, 0.29) is 31.9 Å². The minimum Gasteiger partial charge on any atom is -0.350 e. The molecule has 1 aliphatic rings. The van der Waals surface area contributed by atoms with Crippen LogP contribution in [0.15, 0.2) is 64.0 Å². The Morgan fingerprint density at radius 1 is 1.00 bits per heavy atom. The number of sulfonamides is 1. The van der Waals surface area contributed by atoms with E-state index in [2.05, 4.69) is 5.16 Å². The largest absolute Gasteiger partial charge is 0.417 e. The van der Waals surface area contributed by atoms with E-state index < -0.39 is 37.6 Å². The van der Waals surface area contributed by atoms with Crippen molar-refractivity contribution < 1.29 is 30.9 Å². The minimum atomic E-state index is -4.79. The maximum absolute atomic E-state index is 13.1. The Hall–Kier alpha value is -2.89. The van der Waals surface area contributed by atoms with Crippen LogP contribution >= 0.6 is 11.6 Å². The van der Waals surface area contributed by atoms with Gasteiger partial charge in [-0.3, -0.25) is 4.79 Å². The topological polar surface area (TPSA) is 83.7 Å². The molecular formula is C21H17ClF3N3O4S.